The van der Waals surface area contributed by atoms with Gasteiger partial charge in [-0.1, -0.05) is 64.6 Å². The number of carbonyl (C=O) groups is 2. The Balaban J connectivity index is 1.15. The quantitative estimate of drug-likeness (QED) is 0.392. The number of nitrogens with zero attached hydrogens (tertiary/aromatic N) is 2. The van der Waals surface area contributed by atoms with Crippen LogP contribution in [0.2, 0.25) is 5.02 Å². The first-order valence-electron chi connectivity index (χ1n) is 13.7. The Morgan fingerprint density at radius 2 is 1.65 bits per heavy atom. The zero-order chi connectivity index (χ0) is 25.8. The Hall–Kier alpha value is -1.89. The molecule has 3 aliphatic rings. The van der Waals surface area contributed by atoms with Crippen molar-refractivity contribution in [2.24, 2.45) is 11.3 Å². The lowest BCUT2D eigenvalue weighted by atomic mass is 9.77. The highest BCUT2D eigenvalue weighted by Crippen LogP contribution is 2.42. The Bertz CT molecular complexity index is 1080. The van der Waals surface area contributed by atoms with Gasteiger partial charge in [0.2, 0.25) is 11.8 Å². The van der Waals surface area contributed by atoms with Crippen LogP contribution >= 0.6 is 27.5 Å². The fraction of sp³-hybridized carbons (Fsp3) is 0.533. The SMILES string of the molecule is O=C(NC(CCN1CCC2(CC1)CCN(Cc1ccc(Br)cc1)C2=O)c1ccc(Cl)cc1)C1CCCC1. The van der Waals surface area contributed by atoms with Crippen LogP contribution in [0.3, 0.4) is 0 Å². The number of hydrogen-bond acceptors (Lipinski definition) is 3. The summed E-state index contributed by atoms with van der Waals surface area (Å²) < 4.78 is 1.06. The van der Waals surface area contributed by atoms with Gasteiger partial charge in [-0.2, -0.15) is 0 Å². The average Bonchev–Trinajstić information content (AvgIpc) is 3.55. The zero-order valence-electron chi connectivity index (χ0n) is 21.4. The molecule has 5 nitrogen and oxygen atoms in total. The minimum absolute atomic E-state index is 0.0178. The highest BCUT2D eigenvalue weighted by Gasteiger charge is 2.47. The molecule has 0 bridgehead atoms. The number of rotatable bonds is 8. The summed E-state index contributed by atoms with van der Waals surface area (Å²) in [7, 11) is 0. The lowest BCUT2D eigenvalue weighted by Crippen LogP contribution is -2.45. The van der Waals surface area contributed by atoms with Crippen molar-refractivity contribution in [3.63, 3.8) is 0 Å². The van der Waals surface area contributed by atoms with E-state index in [1.807, 2.05) is 41.3 Å². The summed E-state index contributed by atoms with van der Waals surface area (Å²) >= 11 is 9.62. The molecule has 1 atom stereocenters. The molecule has 2 aliphatic heterocycles. The normalized spacial score (nSPS) is 21.0. The fourth-order valence-electron chi connectivity index (χ4n) is 6.33. The molecule has 5 rings (SSSR count). The van der Waals surface area contributed by atoms with Crippen LogP contribution in [0.4, 0.5) is 0 Å². The highest BCUT2D eigenvalue weighted by molar-refractivity contribution is 9.10. The maximum atomic E-state index is 13.4. The van der Waals surface area contributed by atoms with Crippen molar-refractivity contribution in [2.75, 3.05) is 26.2 Å². The number of benzene rings is 2. The highest BCUT2D eigenvalue weighted by atomic mass is 79.9. The van der Waals surface area contributed by atoms with Crippen LogP contribution < -0.4 is 5.32 Å². The van der Waals surface area contributed by atoms with E-state index in [1.165, 1.54) is 5.56 Å². The van der Waals surface area contributed by atoms with Gasteiger partial charge in [0.1, 0.15) is 0 Å². The third kappa shape index (κ3) is 6.40. The summed E-state index contributed by atoms with van der Waals surface area (Å²) in [4.78, 5) is 30.9. The van der Waals surface area contributed by atoms with Gasteiger partial charge in [-0.25, -0.2) is 0 Å². The Morgan fingerprint density at radius 1 is 1.00 bits per heavy atom. The molecule has 1 aliphatic carbocycles. The average molecular weight is 587 g/mol. The number of carbonyl (C=O) groups excluding carboxylic acids is 2. The molecule has 0 radical (unpaired) electrons. The molecule has 1 unspecified atom stereocenters. The van der Waals surface area contributed by atoms with Crippen LogP contribution in [0.15, 0.2) is 53.0 Å². The maximum absolute atomic E-state index is 13.4. The van der Waals surface area contributed by atoms with Gasteiger partial charge in [0, 0.05) is 35.0 Å². The fourth-order valence-corrected chi connectivity index (χ4v) is 6.72. The lowest BCUT2D eigenvalue weighted by molar-refractivity contribution is -0.139. The summed E-state index contributed by atoms with van der Waals surface area (Å²) in [6.07, 6.45) is 7.96. The molecule has 1 saturated carbocycles. The first kappa shape index (κ1) is 26.7. The molecule has 37 heavy (non-hydrogen) atoms. The summed E-state index contributed by atoms with van der Waals surface area (Å²) in [5.74, 6) is 0.675. The molecule has 2 saturated heterocycles. The van der Waals surface area contributed by atoms with E-state index in [4.69, 9.17) is 11.6 Å². The number of amides is 2. The molecule has 0 aromatic heterocycles. The smallest absolute Gasteiger partial charge is 0.229 e. The van der Waals surface area contributed by atoms with Gasteiger partial charge in [-0.05, 0) is 87.0 Å². The first-order chi connectivity index (χ1) is 17.9. The maximum Gasteiger partial charge on any atom is 0.229 e. The minimum Gasteiger partial charge on any atom is -0.349 e. The molecule has 3 fully saturated rings. The zero-order valence-corrected chi connectivity index (χ0v) is 23.8. The van der Waals surface area contributed by atoms with E-state index in [1.54, 1.807) is 0 Å². The van der Waals surface area contributed by atoms with Crippen LogP contribution in [0, 0.1) is 11.3 Å². The van der Waals surface area contributed by atoms with Crippen molar-refractivity contribution in [1.29, 1.82) is 0 Å². The second-order valence-electron chi connectivity index (χ2n) is 11.1. The molecule has 2 aromatic carbocycles. The molecule has 2 aromatic rings. The predicted octanol–water partition coefficient (Wildman–Crippen LogP) is 6.35. The second-order valence-corrected chi connectivity index (χ2v) is 12.5. The summed E-state index contributed by atoms with van der Waals surface area (Å²) in [5, 5.41) is 4.06. The van der Waals surface area contributed by atoms with E-state index < -0.39 is 0 Å². The van der Waals surface area contributed by atoms with E-state index in [2.05, 4.69) is 38.3 Å². The van der Waals surface area contributed by atoms with E-state index in [0.717, 1.165) is 87.6 Å². The van der Waals surface area contributed by atoms with Crippen molar-refractivity contribution in [3.8, 4) is 0 Å². The van der Waals surface area contributed by atoms with Gasteiger partial charge < -0.3 is 15.1 Å². The topological polar surface area (TPSA) is 52.7 Å². The van der Waals surface area contributed by atoms with Crippen molar-refractivity contribution >= 4 is 39.3 Å². The number of hydrogen-bond donors (Lipinski definition) is 1. The van der Waals surface area contributed by atoms with E-state index in [-0.39, 0.29) is 23.3 Å². The number of nitrogens with one attached hydrogen (secondary N) is 1. The van der Waals surface area contributed by atoms with E-state index in [9.17, 15) is 9.59 Å². The van der Waals surface area contributed by atoms with Crippen molar-refractivity contribution in [3.05, 3.63) is 69.2 Å². The Kier molecular flexibility index (Phi) is 8.57. The number of likely N-dealkylation sites (tertiary alicyclic amines) is 2. The largest absolute Gasteiger partial charge is 0.349 e. The lowest BCUT2D eigenvalue weighted by Gasteiger charge is -2.38. The van der Waals surface area contributed by atoms with Crippen molar-refractivity contribution in [2.45, 2.75) is 64.0 Å². The molecular weight excluding hydrogens is 550 g/mol. The molecule has 1 spiro atoms. The van der Waals surface area contributed by atoms with E-state index in [0.29, 0.717) is 17.5 Å². The minimum atomic E-state index is -0.196. The molecule has 2 amide bonds. The van der Waals surface area contributed by atoms with Gasteiger partial charge in [-0.15, -0.1) is 0 Å². The molecule has 198 valence electrons. The van der Waals surface area contributed by atoms with Gasteiger partial charge in [0.25, 0.3) is 0 Å². The standard InChI is InChI=1S/C30H37BrClN3O2/c31-25-9-5-22(6-10-25)21-35-20-16-30(29(35)37)14-18-34(19-15-30)17-13-27(23-7-11-26(32)12-8-23)33-28(36)24-3-1-2-4-24/h5-12,24,27H,1-4,13-21H2,(H,33,36). The van der Waals surface area contributed by atoms with Crippen LogP contribution in [-0.4, -0.2) is 47.8 Å². The van der Waals surface area contributed by atoms with Gasteiger partial charge >= 0.3 is 0 Å². The molecule has 1 N–H and O–H groups in total. The Labute approximate surface area is 234 Å². The van der Waals surface area contributed by atoms with Crippen LogP contribution in [0.25, 0.3) is 0 Å². The number of halogens is 2. The molecule has 2 heterocycles. The van der Waals surface area contributed by atoms with Crippen molar-refractivity contribution < 1.29 is 9.59 Å². The summed E-state index contributed by atoms with van der Waals surface area (Å²) in [6.45, 7) is 4.32. The van der Waals surface area contributed by atoms with Gasteiger partial charge in [-0.3, -0.25) is 9.59 Å². The monoisotopic (exact) mass is 585 g/mol. The second kappa shape index (κ2) is 11.9. The van der Waals surface area contributed by atoms with E-state index >= 15 is 0 Å². The van der Waals surface area contributed by atoms with Crippen LogP contribution in [0.5, 0.6) is 0 Å². The first-order valence-corrected chi connectivity index (χ1v) is 14.9. The number of piperidine rings is 1. The summed E-state index contributed by atoms with van der Waals surface area (Å²) in [5.41, 5.74) is 2.09. The van der Waals surface area contributed by atoms with Gasteiger partial charge in [0.05, 0.1) is 11.5 Å². The van der Waals surface area contributed by atoms with Gasteiger partial charge in [0.15, 0.2) is 0 Å². The summed E-state index contributed by atoms with van der Waals surface area (Å²) in [6, 6.07) is 16.1. The molecule has 7 heteroatoms. The van der Waals surface area contributed by atoms with Crippen LogP contribution in [0.1, 0.15) is 68.5 Å². The van der Waals surface area contributed by atoms with Crippen molar-refractivity contribution in [1.82, 2.24) is 15.1 Å². The third-order valence-corrected chi connectivity index (χ3v) is 9.53. The third-order valence-electron chi connectivity index (χ3n) is 8.75. The van der Waals surface area contributed by atoms with Crippen LogP contribution in [-0.2, 0) is 16.1 Å². The Morgan fingerprint density at radius 3 is 2.32 bits per heavy atom. The predicted molar refractivity (Wildman–Crippen MR) is 151 cm³/mol. The molecular formula is C30H37BrClN3O2.